The van der Waals surface area contributed by atoms with Crippen LogP contribution in [0.15, 0.2) is 47.4 Å². The first-order valence-electron chi connectivity index (χ1n) is 9.92. The van der Waals surface area contributed by atoms with Gasteiger partial charge in [-0.25, -0.2) is 17.7 Å². The van der Waals surface area contributed by atoms with E-state index in [9.17, 15) is 17.6 Å². The van der Waals surface area contributed by atoms with Gasteiger partial charge in [-0.1, -0.05) is 18.2 Å². The number of piperazine rings is 1. The molecule has 1 saturated heterocycles. The van der Waals surface area contributed by atoms with E-state index in [1.54, 1.807) is 39.0 Å². The van der Waals surface area contributed by atoms with E-state index in [2.05, 4.69) is 10.2 Å². The van der Waals surface area contributed by atoms with Gasteiger partial charge in [0.2, 0.25) is 15.9 Å². The van der Waals surface area contributed by atoms with E-state index >= 15 is 0 Å². The van der Waals surface area contributed by atoms with Crippen LogP contribution in [0.3, 0.4) is 0 Å². The Morgan fingerprint density at radius 2 is 1.84 bits per heavy atom. The number of carbonyl (C=O) groups excluding carboxylic acids is 1. The summed E-state index contributed by atoms with van der Waals surface area (Å²) in [6, 6.07) is 9.77. The molecule has 7 nitrogen and oxygen atoms in total. The molecule has 2 aromatic carbocycles. The average molecular weight is 445 g/mol. The van der Waals surface area contributed by atoms with E-state index in [-0.39, 0.29) is 40.9 Å². The minimum Gasteiger partial charge on any atom is -0.325 e. The molecule has 31 heavy (non-hydrogen) atoms. The first-order chi connectivity index (χ1) is 14.6. The van der Waals surface area contributed by atoms with Crippen molar-refractivity contribution in [2.75, 3.05) is 25.0 Å². The quantitative estimate of drug-likeness (QED) is 0.718. The molecule has 0 radical (unpaired) electrons. The fourth-order valence-electron chi connectivity index (χ4n) is 3.99. The van der Waals surface area contributed by atoms with Crippen molar-refractivity contribution in [3.05, 3.63) is 65.3 Å². The zero-order valence-corrected chi connectivity index (χ0v) is 18.5. The third-order valence-electron chi connectivity index (χ3n) is 5.34. The monoisotopic (exact) mass is 444 g/mol. The number of hydrogen-bond donors (Lipinski definition) is 1. The lowest BCUT2D eigenvalue weighted by atomic mass is 10.1. The van der Waals surface area contributed by atoms with Crippen molar-refractivity contribution in [1.29, 1.82) is 0 Å². The van der Waals surface area contributed by atoms with Crippen LogP contribution in [-0.4, -0.2) is 55.2 Å². The van der Waals surface area contributed by atoms with Crippen LogP contribution in [0, 0.1) is 19.3 Å². The molecule has 0 spiro atoms. The second-order valence-corrected chi connectivity index (χ2v) is 9.64. The Morgan fingerprint density at radius 1 is 1.19 bits per heavy atom. The van der Waals surface area contributed by atoms with Crippen LogP contribution in [-0.2, 0) is 14.8 Å². The summed E-state index contributed by atoms with van der Waals surface area (Å²) in [5, 5.41) is 2.73. The zero-order valence-electron chi connectivity index (χ0n) is 17.7. The van der Waals surface area contributed by atoms with Crippen molar-refractivity contribution in [2.45, 2.75) is 37.8 Å². The van der Waals surface area contributed by atoms with Crippen molar-refractivity contribution < 1.29 is 17.6 Å². The van der Waals surface area contributed by atoms with Crippen molar-refractivity contribution >= 4 is 27.3 Å². The van der Waals surface area contributed by atoms with Gasteiger partial charge in [0.05, 0.1) is 18.0 Å². The van der Waals surface area contributed by atoms with Crippen molar-refractivity contribution in [3.8, 4) is 0 Å². The Labute approximate surface area is 182 Å². The van der Waals surface area contributed by atoms with E-state index < -0.39 is 10.0 Å². The van der Waals surface area contributed by atoms with E-state index in [4.69, 9.17) is 6.57 Å². The number of amides is 1. The van der Waals surface area contributed by atoms with Crippen LogP contribution >= 0.6 is 0 Å². The first kappa shape index (κ1) is 22.9. The molecule has 3 rings (SSSR count). The lowest BCUT2D eigenvalue weighted by molar-refractivity contribution is -0.118. The number of anilines is 1. The summed E-state index contributed by atoms with van der Waals surface area (Å²) < 4.78 is 41.5. The van der Waals surface area contributed by atoms with Crippen molar-refractivity contribution in [3.63, 3.8) is 0 Å². The smallest absolute Gasteiger partial charge is 0.242 e. The molecular weight excluding hydrogens is 419 g/mol. The van der Waals surface area contributed by atoms with Gasteiger partial charge in [0, 0.05) is 36.4 Å². The number of hydrogen-bond acceptors (Lipinski definition) is 4. The molecule has 1 fully saturated rings. The third-order valence-corrected chi connectivity index (χ3v) is 7.47. The Hall–Kier alpha value is -2.80. The van der Waals surface area contributed by atoms with E-state index in [0.717, 1.165) is 0 Å². The van der Waals surface area contributed by atoms with E-state index in [0.29, 0.717) is 24.3 Å². The minimum atomic E-state index is -3.78. The predicted octanol–water partition coefficient (Wildman–Crippen LogP) is 3.41. The van der Waals surface area contributed by atoms with Gasteiger partial charge in [-0.15, -0.1) is 0 Å². The summed E-state index contributed by atoms with van der Waals surface area (Å²) in [4.78, 5) is 17.8. The molecule has 0 unspecified atom stereocenters. The summed E-state index contributed by atoms with van der Waals surface area (Å²) >= 11 is 0. The maximum atomic E-state index is 13.7. The van der Waals surface area contributed by atoms with Crippen LogP contribution in [0.25, 0.3) is 4.85 Å². The molecule has 1 aliphatic heterocycles. The minimum absolute atomic E-state index is 0.0751. The Bertz CT molecular complexity index is 1120. The van der Waals surface area contributed by atoms with E-state index in [1.165, 1.54) is 28.6 Å². The maximum absolute atomic E-state index is 13.7. The topological polar surface area (TPSA) is 74.1 Å². The number of halogens is 1. The van der Waals surface area contributed by atoms with Gasteiger partial charge in [0.15, 0.2) is 5.69 Å². The highest BCUT2D eigenvalue weighted by Gasteiger charge is 2.38. The summed E-state index contributed by atoms with van der Waals surface area (Å²) in [7, 11) is -3.78. The van der Waals surface area contributed by atoms with Crippen molar-refractivity contribution in [1.82, 2.24) is 9.21 Å². The van der Waals surface area contributed by atoms with Gasteiger partial charge in [-0.05, 0) is 45.0 Å². The number of benzene rings is 2. The molecule has 1 aliphatic rings. The number of sulfonamides is 1. The highest BCUT2D eigenvalue weighted by molar-refractivity contribution is 7.89. The van der Waals surface area contributed by atoms with Crippen LogP contribution in [0.4, 0.5) is 15.8 Å². The molecule has 0 saturated carbocycles. The maximum Gasteiger partial charge on any atom is 0.242 e. The standard InChI is InChI=1S/C22H25FN4O3S/c1-15-12-26(14-22(28)25-21-10-6-9-20(23)17(21)3)13-16(2)27(15)31(29,30)19-8-5-7-18(11-19)24-4/h5-11,15-16H,12-14H2,1-3H3,(H,25,28)/t15-,16+. The highest BCUT2D eigenvalue weighted by Crippen LogP contribution is 2.27. The lowest BCUT2D eigenvalue weighted by Crippen LogP contribution is -2.59. The second-order valence-electron chi connectivity index (χ2n) is 7.80. The fraction of sp³-hybridized carbons (Fsp3) is 0.364. The number of rotatable bonds is 5. The molecule has 1 N–H and O–H groups in total. The van der Waals surface area contributed by atoms with Gasteiger partial charge in [-0.3, -0.25) is 9.69 Å². The van der Waals surface area contributed by atoms with Crippen LogP contribution in [0.1, 0.15) is 19.4 Å². The Morgan fingerprint density at radius 3 is 2.48 bits per heavy atom. The van der Waals surface area contributed by atoms with E-state index in [1.807, 2.05) is 4.90 Å². The van der Waals surface area contributed by atoms with Crippen molar-refractivity contribution in [2.24, 2.45) is 0 Å². The van der Waals surface area contributed by atoms with Gasteiger partial charge < -0.3 is 5.32 Å². The molecule has 0 aliphatic carbocycles. The predicted molar refractivity (Wildman–Crippen MR) is 117 cm³/mol. The number of nitrogens with zero attached hydrogens (tertiary/aromatic N) is 3. The fourth-order valence-corrected chi connectivity index (χ4v) is 5.84. The largest absolute Gasteiger partial charge is 0.325 e. The molecule has 164 valence electrons. The number of nitrogens with one attached hydrogen (secondary N) is 1. The van der Waals surface area contributed by atoms with Gasteiger partial charge in [-0.2, -0.15) is 4.31 Å². The van der Waals surface area contributed by atoms with Gasteiger partial charge in [0.25, 0.3) is 0 Å². The molecule has 1 heterocycles. The Balaban J connectivity index is 1.70. The molecule has 2 atom stereocenters. The second kappa shape index (κ2) is 9.14. The summed E-state index contributed by atoms with van der Waals surface area (Å²) in [5.74, 6) is -0.671. The molecule has 0 aromatic heterocycles. The van der Waals surface area contributed by atoms with Crippen LogP contribution in [0.2, 0.25) is 0 Å². The summed E-state index contributed by atoms with van der Waals surface area (Å²) in [6.45, 7) is 13.1. The molecule has 1 amide bonds. The summed E-state index contributed by atoms with van der Waals surface area (Å²) in [5.41, 5.74) is 1.06. The van der Waals surface area contributed by atoms with Crippen LogP contribution < -0.4 is 5.32 Å². The molecule has 2 aromatic rings. The molecule has 0 bridgehead atoms. The highest BCUT2D eigenvalue weighted by atomic mass is 32.2. The first-order valence-corrected chi connectivity index (χ1v) is 11.4. The SMILES string of the molecule is [C-]#[N+]c1cccc(S(=O)(=O)N2[C@H](C)CN(CC(=O)Nc3cccc(F)c3C)C[C@@H]2C)c1. The Kier molecular flexibility index (Phi) is 6.74. The number of carbonyl (C=O) groups is 1. The van der Waals surface area contributed by atoms with Gasteiger partial charge >= 0.3 is 0 Å². The normalized spacial score (nSPS) is 20.2. The molecular formula is C22H25FN4O3S. The lowest BCUT2D eigenvalue weighted by Gasteiger charge is -2.43. The third kappa shape index (κ3) is 4.93. The van der Waals surface area contributed by atoms with Gasteiger partial charge in [0.1, 0.15) is 5.82 Å². The summed E-state index contributed by atoms with van der Waals surface area (Å²) in [6.07, 6.45) is 0. The zero-order chi connectivity index (χ0) is 22.8. The van der Waals surface area contributed by atoms with Crippen LogP contribution in [0.5, 0.6) is 0 Å². The molecule has 9 heteroatoms. The average Bonchev–Trinajstić information content (AvgIpc) is 2.70.